The Labute approximate surface area is 275 Å². The number of pyridine rings is 1. The highest BCUT2D eigenvalue weighted by Crippen LogP contribution is 2.41. The number of nitrogens with zero attached hydrogens (tertiary/aromatic N) is 5. The lowest BCUT2D eigenvalue weighted by atomic mass is 10.0. The molecule has 0 saturated carbocycles. The van der Waals surface area contributed by atoms with E-state index in [4.69, 9.17) is 9.57 Å². The number of thioether (sulfide) groups is 2. The third-order valence-corrected chi connectivity index (χ3v) is 9.38. The zero-order chi connectivity index (χ0) is 33.4. The van der Waals surface area contributed by atoms with E-state index in [9.17, 15) is 29.1 Å². The van der Waals surface area contributed by atoms with E-state index < -0.39 is 40.9 Å². The number of anilines is 1. The Balaban J connectivity index is 1.41. The molecule has 2 atom stereocenters. The number of hydrogen-bond acceptors (Lipinski definition) is 14. The molecule has 16 nitrogen and oxygen atoms in total. The minimum absolute atomic E-state index is 0.00738. The number of ether oxygens (including phenoxy) is 1. The lowest BCUT2D eigenvalue weighted by Gasteiger charge is -2.49. The molecule has 244 valence electrons. The molecule has 0 aliphatic carbocycles. The molecule has 4 heterocycles. The first-order valence-corrected chi connectivity index (χ1v) is 16.4. The highest BCUT2D eigenvalue weighted by Gasteiger charge is 2.54. The smallest absolute Gasteiger partial charge is 0.408 e. The fraction of sp³-hybridized carbons (Fsp3) is 0.370. The maximum atomic E-state index is 13.3. The Morgan fingerprint density at radius 2 is 2.07 bits per heavy atom. The summed E-state index contributed by atoms with van der Waals surface area (Å²) in [4.78, 5) is 72.0. The topological polar surface area (TPSA) is 214 Å². The minimum Gasteiger partial charge on any atom is -0.477 e. The Morgan fingerprint density at radius 3 is 2.76 bits per heavy atom. The largest absolute Gasteiger partial charge is 0.477 e. The van der Waals surface area contributed by atoms with Gasteiger partial charge in [-0.2, -0.15) is 0 Å². The standard InChI is InChI=1S/C27H30N8O8S3/c1-5-9-42-34-18(15-7-6-8-16(30-15)29-13-36)21(37)31-19-22(38)35-20(24(39)40)14(11-44-23(19)35)12-45-26-33-32-17(46-26)10-28-25(41)43-27(2,3)4/h5-8,13,19,23H,1,9-12H2,2-4H3,(H,28,41)(H,31,37)(H,39,40)(H,29,30,36)/t19?,23-/m1/s1. The van der Waals surface area contributed by atoms with Gasteiger partial charge in [0, 0.05) is 11.5 Å². The fourth-order valence-electron chi connectivity index (χ4n) is 4.05. The van der Waals surface area contributed by atoms with Crippen molar-refractivity contribution < 1.29 is 38.7 Å². The first-order valence-electron chi connectivity index (χ1n) is 13.5. The lowest BCUT2D eigenvalue weighted by Crippen LogP contribution is -2.71. The molecule has 19 heteroatoms. The number of fused-ring (bicyclic) bond motifs is 1. The second kappa shape index (κ2) is 15.2. The number of oxime groups is 1. The van der Waals surface area contributed by atoms with Gasteiger partial charge in [-0.25, -0.2) is 14.6 Å². The molecule has 46 heavy (non-hydrogen) atoms. The number of carbonyl (C=O) groups is 5. The van der Waals surface area contributed by atoms with Gasteiger partial charge < -0.3 is 30.6 Å². The van der Waals surface area contributed by atoms with Crippen LogP contribution in [0.25, 0.3) is 0 Å². The zero-order valence-electron chi connectivity index (χ0n) is 24.8. The van der Waals surface area contributed by atoms with E-state index in [1.807, 2.05) is 0 Å². The van der Waals surface area contributed by atoms with E-state index in [0.29, 0.717) is 21.3 Å². The molecule has 2 aromatic heterocycles. The van der Waals surface area contributed by atoms with Crippen LogP contribution in [-0.2, 0) is 35.3 Å². The first kappa shape index (κ1) is 34.4. The third-order valence-electron chi connectivity index (χ3n) is 5.90. The van der Waals surface area contributed by atoms with Crippen LogP contribution < -0.4 is 16.0 Å². The molecule has 0 bridgehead atoms. The van der Waals surface area contributed by atoms with Crippen molar-refractivity contribution in [2.24, 2.45) is 5.16 Å². The predicted octanol–water partition coefficient (Wildman–Crippen LogP) is 1.96. The molecule has 0 spiro atoms. The second-order valence-electron chi connectivity index (χ2n) is 10.4. The molecule has 4 amide bonds. The van der Waals surface area contributed by atoms with Gasteiger partial charge in [0.25, 0.3) is 11.8 Å². The summed E-state index contributed by atoms with van der Waals surface area (Å²) in [5.74, 6) is -1.99. The van der Waals surface area contributed by atoms with Crippen LogP contribution in [0, 0.1) is 0 Å². The molecule has 2 aliphatic rings. The molecule has 0 radical (unpaired) electrons. The Hall–Kier alpha value is -4.49. The van der Waals surface area contributed by atoms with Crippen LogP contribution >= 0.6 is 34.9 Å². The summed E-state index contributed by atoms with van der Waals surface area (Å²) in [6, 6.07) is 3.49. The van der Waals surface area contributed by atoms with E-state index in [0.717, 1.165) is 4.90 Å². The van der Waals surface area contributed by atoms with Crippen molar-refractivity contribution in [1.82, 2.24) is 30.7 Å². The average Bonchev–Trinajstić information content (AvgIpc) is 3.46. The summed E-state index contributed by atoms with van der Waals surface area (Å²) in [7, 11) is 0. The molecule has 1 saturated heterocycles. The molecule has 1 fully saturated rings. The van der Waals surface area contributed by atoms with Crippen molar-refractivity contribution in [1.29, 1.82) is 0 Å². The Morgan fingerprint density at radius 1 is 1.28 bits per heavy atom. The van der Waals surface area contributed by atoms with Crippen LogP contribution in [0.3, 0.4) is 0 Å². The number of carboxylic acids is 1. The van der Waals surface area contributed by atoms with E-state index in [-0.39, 0.29) is 47.6 Å². The number of hydrogen-bond donors (Lipinski definition) is 4. The van der Waals surface area contributed by atoms with Gasteiger partial charge in [-0.3, -0.25) is 19.3 Å². The van der Waals surface area contributed by atoms with Gasteiger partial charge in [0.15, 0.2) is 10.1 Å². The SMILES string of the molecule is C=CCON=C(C(=O)NC1C(=O)N2C(C(=O)O)=C(CSc3nnc(CNC(=O)OC(C)(C)C)s3)CS[C@H]12)c1cccc(NC=O)n1. The van der Waals surface area contributed by atoms with Crippen molar-refractivity contribution in [3.05, 3.63) is 52.8 Å². The Bertz CT molecular complexity index is 1590. The first-order chi connectivity index (χ1) is 21.9. The molecule has 4 rings (SSSR count). The van der Waals surface area contributed by atoms with Gasteiger partial charge in [-0.15, -0.1) is 22.0 Å². The van der Waals surface area contributed by atoms with E-state index >= 15 is 0 Å². The molecule has 1 unspecified atom stereocenters. The zero-order valence-corrected chi connectivity index (χ0v) is 27.3. The maximum Gasteiger partial charge on any atom is 0.408 e. The van der Waals surface area contributed by atoms with E-state index in [1.54, 1.807) is 26.8 Å². The third kappa shape index (κ3) is 8.61. The van der Waals surface area contributed by atoms with Crippen LogP contribution in [0.2, 0.25) is 0 Å². The molecule has 4 N–H and O–H groups in total. The molecular weight excluding hydrogens is 661 g/mol. The van der Waals surface area contributed by atoms with Crippen LogP contribution in [0.5, 0.6) is 0 Å². The number of carboxylic acid groups (broad SMARTS) is 1. The maximum absolute atomic E-state index is 13.3. The molecule has 2 aliphatic heterocycles. The molecule has 2 aromatic rings. The van der Waals surface area contributed by atoms with Gasteiger partial charge in [-0.1, -0.05) is 47.0 Å². The summed E-state index contributed by atoms with van der Waals surface area (Å²) in [6.07, 6.45) is 1.27. The van der Waals surface area contributed by atoms with Crippen molar-refractivity contribution in [2.75, 3.05) is 23.4 Å². The van der Waals surface area contributed by atoms with Gasteiger partial charge >= 0.3 is 12.1 Å². The number of carbonyl (C=O) groups excluding carboxylic acids is 4. The minimum atomic E-state index is -1.28. The number of aliphatic carboxylic acids is 1. The van der Waals surface area contributed by atoms with Gasteiger partial charge in [0.1, 0.15) is 45.8 Å². The average molecular weight is 691 g/mol. The number of alkyl carbamates (subject to hydrolysis) is 1. The van der Waals surface area contributed by atoms with Gasteiger partial charge in [-0.05, 0) is 38.5 Å². The normalized spacial score (nSPS) is 17.8. The van der Waals surface area contributed by atoms with E-state index in [2.05, 4.69) is 42.9 Å². The number of β-lactam (4-membered cyclic amide) rings is 1. The van der Waals surface area contributed by atoms with Crippen molar-refractivity contribution >= 4 is 76.7 Å². The predicted molar refractivity (Wildman–Crippen MR) is 170 cm³/mol. The highest BCUT2D eigenvalue weighted by atomic mass is 32.2. The molecular formula is C27H30N8O8S3. The van der Waals surface area contributed by atoms with Gasteiger partial charge in [0.05, 0.1) is 6.54 Å². The van der Waals surface area contributed by atoms with Crippen LogP contribution in [-0.4, -0.2) is 96.3 Å². The van der Waals surface area contributed by atoms with Crippen LogP contribution in [0.15, 0.2) is 51.6 Å². The summed E-state index contributed by atoms with van der Waals surface area (Å²) < 4.78 is 5.76. The summed E-state index contributed by atoms with van der Waals surface area (Å²) in [5.41, 5.74) is -0.476. The van der Waals surface area contributed by atoms with Crippen molar-refractivity contribution in [3.8, 4) is 0 Å². The monoisotopic (exact) mass is 690 g/mol. The number of rotatable bonds is 14. The summed E-state index contributed by atoms with van der Waals surface area (Å²) in [5, 5.41) is 29.5. The molecule has 0 aromatic carbocycles. The van der Waals surface area contributed by atoms with Gasteiger partial charge in [0.2, 0.25) is 6.41 Å². The van der Waals surface area contributed by atoms with Crippen molar-refractivity contribution in [3.63, 3.8) is 0 Å². The number of nitrogens with one attached hydrogen (secondary N) is 3. The lowest BCUT2D eigenvalue weighted by molar-refractivity contribution is -0.150. The number of amides is 4. The van der Waals surface area contributed by atoms with Crippen LogP contribution in [0.4, 0.5) is 10.6 Å². The Kier molecular flexibility index (Phi) is 11.4. The summed E-state index contributed by atoms with van der Waals surface area (Å²) >= 11 is 3.80. The number of aromatic nitrogens is 3. The fourth-order valence-corrected chi connectivity index (χ4v) is 7.37. The van der Waals surface area contributed by atoms with Crippen LogP contribution in [0.1, 0.15) is 31.5 Å². The van der Waals surface area contributed by atoms with Crippen molar-refractivity contribution in [2.45, 2.75) is 48.7 Å². The second-order valence-corrected chi connectivity index (χ2v) is 13.8. The quantitative estimate of drug-likeness (QED) is 0.0425. The van der Waals surface area contributed by atoms with E-state index in [1.165, 1.54) is 53.1 Å². The summed E-state index contributed by atoms with van der Waals surface area (Å²) in [6.45, 7) is 8.90. The highest BCUT2D eigenvalue weighted by molar-refractivity contribution is 8.01.